The number of aromatic nitrogens is 3. The zero-order chi connectivity index (χ0) is 41.3. The zero-order valence-corrected chi connectivity index (χ0v) is 32.4. The third-order valence-corrected chi connectivity index (χ3v) is 9.94. The number of nitrogens with zero attached hydrogens (tertiary/aromatic N) is 3. The lowest BCUT2D eigenvalue weighted by molar-refractivity contribution is -0.149. The van der Waals surface area contributed by atoms with Crippen molar-refractivity contribution < 1.29 is 36.3 Å². The van der Waals surface area contributed by atoms with Crippen molar-refractivity contribution in [1.82, 2.24) is 24.8 Å². The Morgan fingerprint density at radius 2 is 1.61 bits per heavy atom. The molecule has 5 rings (SSSR count). The van der Waals surface area contributed by atoms with Crippen LogP contribution in [-0.2, 0) is 33.0 Å². The Labute approximate surface area is 320 Å². The first-order chi connectivity index (χ1) is 26.2. The molecular weight excluding hydrogens is 751 g/mol. The van der Waals surface area contributed by atoms with E-state index in [1.807, 2.05) is 4.72 Å². The Hall–Kier alpha value is -6.23. The molecule has 56 heavy (non-hydrogen) atoms. The molecule has 2 amide bonds. The number of benzene rings is 3. The largest absolute Gasteiger partial charge is 0.461 e. The van der Waals surface area contributed by atoms with Crippen LogP contribution in [-0.4, -0.2) is 58.0 Å². The van der Waals surface area contributed by atoms with Gasteiger partial charge in [-0.05, 0) is 95.1 Å². The van der Waals surface area contributed by atoms with Crippen molar-refractivity contribution in [2.45, 2.75) is 70.5 Å². The van der Waals surface area contributed by atoms with E-state index in [4.69, 9.17) is 4.74 Å². The second-order valence-corrected chi connectivity index (χ2v) is 16.0. The highest BCUT2D eigenvalue weighted by Gasteiger charge is 2.28. The van der Waals surface area contributed by atoms with Gasteiger partial charge in [0.1, 0.15) is 17.7 Å². The van der Waals surface area contributed by atoms with Crippen molar-refractivity contribution in [1.29, 1.82) is 0 Å². The van der Waals surface area contributed by atoms with Gasteiger partial charge in [-0.3, -0.25) is 28.7 Å². The van der Waals surface area contributed by atoms with Gasteiger partial charge >= 0.3 is 11.7 Å². The first-order valence-electron chi connectivity index (χ1n) is 17.3. The molecule has 17 heteroatoms. The molecule has 5 aromatic rings. The van der Waals surface area contributed by atoms with Gasteiger partial charge in [-0.2, -0.15) is 0 Å². The summed E-state index contributed by atoms with van der Waals surface area (Å²) in [4.78, 5) is 69.0. The molecule has 0 aliphatic heterocycles. The Morgan fingerprint density at radius 3 is 2.23 bits per heavy atom. The van der Waals surface area contributed by atoms with Gasteiger partial charge in [0, 0.05) is 36.8 Å². The molecule has 0 saturated heterocycles. The summed E-state index contributed by atoms with van der Waals surface area (Å²) in [5.74, 6) is -5.10. The number of ether oxygens (including phenoxy) is 1. The van der Waals surface area contributed by atoms with Crippen molar-refractivity contribution in [3.05, 3.63) is 128 Å². The van der Waals surface area contributed by atoms with Crippen LogP contribution in [0.5, 0.6) is 0 Å². The monoisotopic (exact) mass is 790 g/mol. The molecule has 0 radical (unpaired) electrons. The summed E-state index contributed by atoms with van der Waals surface area (Å²) < 4.78 is 66.8. The average molecular weight is 791 g/mol. The minimum atomic E-state index is -4.50. The number of carbonyl (C=O) groups is 3. The van der Waals surface area contributed by atoms with E-state index in [2.05, 4.69) is 15.6 Å². The van der Waals surface area contributed by atoms with Crippen LogP contribution in [0.3, 0.4) is 0 Å². The molecule has 14 nitrogen and oxygen atoms in total. The molecule has 0 aliphatic rings. The Bertz CT molecular complexity index is 2600. The fourth-order valence-corrected chi connectivity index (χ4v) is 7.07. The fourth-order valence-electron chi connectivity index (χ4n) is 5.79. The number of halogens is 2. The SMILES string of the molecule is Cc1cc(C(=O)NC(C)(C)C)ccc1S(=O)(=O)Nc1cc(F)c(C(=O)N[C@@H](Cc2ccc(-n3c(=O)c4ccncc4n(C)c3=O)cc2)C(=O)OC(C)C)cc1F. The number of amides is 2. The lowest BCUT2D eigenvalue weighted by Gasteiger charge is -2.21. The Kier molecular flexibility index (Phi) is 11.6. The molecule has 0 fully saturated rings. The van der Waals surface area contributed by atoms with Crippen LogP contribution in [0.25, 0.3) is 16.6 Å². The summed E-state index contributed by atoms with van der Waals surface area (Å²) in [5, 5.41) is 5.41. The maximum Gasteiger partial charge on any atom is 0.335 e. The third-order valence-electron chi connectivity index (χ3n) is 8.41. The molecule has 3 N–H and O–H groups in total. The second-order valence-electron chi connectivity index (χ2n) is 14.4. The molecule has 2 heterocycles. The number of nitrogens with one attached hydrogen (secondary N) is 3. The lowest BCUT2D eigenvalue weighted by atomic mass is 10.0. The summed E-state index contributed by atoms with van der Waals surface area (Å²) >= 11 is 0. The van der Waals surface area contributed by atoms with Gasteiger partial charge in [-0.15, -0.1) is 0 Å². The van der Waals surface area contributed by atoms with E-state index >= 15 is 8.78 Å². The van der Waals surface area contributed by atoms with Crippen LogP contribution < -0.4 is 26.6 Å². The third kappa shape index (κ3) is 9.00. The highest BCUT2D eigenvalue weighted by molar-refractivity contribution is 7.92. The summed E-state index contributed by atoms with van der Waals surface area (Å²) in [6, 6.07) is 10.9. The van der Waals surface area contributed by atoms with Crippen LogP contribution in [0.1, 0.15) is 66.5 Å². The van der Waals surface area contributed by atoms with Crippen LogP contribution in [0.2, 0.25) is 0 Å². The van der Waals surface area contributed by atoms with E-state index < -0.39 is 79.6 Å². The van der Waals surface area contributed by atoms with Crippen LogP contribution in [0.15, 0.2) is 87.5 Å². The topological polar surface area (TPSA) is 188 Å². The normalized spacial score (nSPS) is 12.3. The van der Waals surface area contributed by atoms with E-state index in [0.29, 0.717) is 23.2 Å². The maximum atomic E-state index is 15.4. The predicted octanol–water partition coefficient (Wildman–Crippen LogP) is 4.29. The fraction of sp³-hybridized carbons (Fsp3) is 0.282. The van der Waals surface area contributed by atoms with E-state index in [1.165, 1.54) is 73.4 Å². The van der Waals surface area contributed by atoms with Gasteiger partial charge in [0.2, 0.25) is 0 Å². The maximum absolute atomic E-state index is 15.4. The summed E-state index contributed by atoms with van der Waals surface area (Å²) in [6.45, 7) is 9.95. The van der Waals surface area contributed by atoms with Crippen molar-refractivity contribution in [2.75, 3.05) is 4.72 Å². The Balaban J connectivity index is 1.36. The number of hydrogen-bond donors (Lipinski definition) is 3. The highest BCUT2D eigenvalue weighted by atomic mass is 32.2. The molecular formula is C39H40F2N6O8S. The summed E-state index contributed by atoms with van der Waals surface area (Å²) in [6.07, 6.45) is 2.05. The number of carbonyl (C=O) groups excluding carboxylic acids is 3. The summed E-state index contributed by atoms with van der Waals surface area (Å²) in [5.41, 5.74) is -1.96. The number of fused-ring (bicyclic) bond motifs is 1. The van der Waals surface area contributed by atoms with E-state index in [0.717, 1.165) is 10.6 Å². The second kappa shape index (κ2) is 15.9. The van der Waals surface area contributed by atoms with E-state index in [9.17, 15) is 32.4 Å². The molecule has 0 bridgehead atoms. The number of rotatable bonds is 11. The molecule has 0 spiro atoms. The van der Waals surface area contributed by atoms with E-state index in [-0.39, 0.29) is 33.5 Å². The first-order valence-corrected chi connectivity index (χ1v) is 18.8. The molecule has 0 saturated carbocycles. The van der Waals surface area contributed by atoms with Crippen LogP contribution in [0, 0.1) is 18.6 Å². The minimum Gasteiger partial charge on any atom is -0.461 e. The van der Waals surface area contributed by atoms with Crippen LogP contribution in [0.4, 0.5) is 14.5 Å². The number of pyridine rings is 1. The van der Waals surface area contributed by atoms with Gasteiger partial charge in [0.05, 0.1) is 45.0 Å². The first kappa shape index (κ1) is 40.9. The highest BCUT2D eigenvalue weighted by Crippen LogP contribution is 2.25. The van der Waals surface area contributed by atoms with Crippen molar-refractivity contribution in [2.24, 2.45) is 7.05 Å². The minimum absolute atomic E-state index is 0.162. The molecule has 0 aliphatic carbocycles. The molecule has 3 aromatic carbocycles. The number of sulfonamides is 1. The number of aryl methyl sites for hydroxylation is 2. The quantitative estimate of drug-likeness (QED) is 0.164. The molecule has 0 unspecified atom stereocenters. The Morgan fingerprint density at radius 1 is 0.929 bits per heavy atom. The van der Waals surface area contributed by atoms with Gasteiger partial charge in [0.25, 0.3) is 27.4 Å². The molecule has 1 atom stereocenters. The van der Waals surface area contributed by atoms with Crippen molar-refractivity contribution in [3.8, 4) is 5.69 Å². The standard InChI is InChI=1S/C39H40F2N6O8S/c1-21(2)55-37(51)31(17-23-8-11-25(12-9-23)47-36(50)26-14-15-42-20-32(26)46(7)38(47)52)43-35(49)27-18-29(41)30(19-28(27)40)45-56(53,54)33-13-10-24(16-22(33)3)34(48)44-39(4,5)6/h8-16,18-21,31,45H,17H2,1-7H3,(H,43,49)(H,44,48)/t31-/m0/s1. The van der Waals surface area contributed by atoms with Crippen molar-refractivity contribution in [3.63, 3.8) is 0 Å². The van der Waals surface area contributed by atoms with Gasteiger partial charge in [-0.25, -0.2) is 31.4 Å². The number of esters is 1. The van der Waals surface area contributed by atoms with Gasteiger partial charge < -0.3 is 15.4 Å². The molecule has 294 valence electrons. The number of hydrogen-bond acceptors (Lipinski definition) is 9. The van der Waals surface area contributed by atoms with Crippen LogP contribution >= 0.6 is 0 Å². The average Bonchev–Trinajstić information content (AvgIpc) is 3.11. The lowest BCUT2D eigenvalue weighted by Crippen LogP contribution is -2.44. The zero-order valence-electron chi connectivity index (χ0n) is 31.6. The van der Waals surface area contributed by atoms with Gasteiger partial charge in [-0.1, -0.05) is 12.1 Å². The number of anilines is 1. The van der Waals surface area contributed by atoms with E-state index in [1.54, 1.807) is 34.6 Å². The van der Waals surface area contributed by atoms with Crippen molar-refractivity contribution >= 4 is 44.4 Å². The molecule has 2 aromatic heterocycles. The van der Waals surface area contributed by atoms with Gasteiger partial charge in [0.15, 0.2) is 0 Å². The predicted molar refractivity (Wildman–Crippen MR) is 204 cm³/mol. The summed E-state index contributed by atoms with van der Waals surface area (Å²) in [7, 11) is -2.99. The smallest absolute Gasteiger partial charge is 0.335 e.